The molecule has 0 aliphatic carbocycles. The lowest BCUT2D eigenvalue weighted by Crippen LogP contribution is -2.66. The molecule has 1 saturated heterocycles. The third kappa shape index (κ3) is 0.897. The van der Waals surface area contributed by atoms with Crippen molar-refractivity contribution in [3.63, 3.8) is 0 Å². The van der Waals surface area contributed by atoms with Gasteiger partial charge < -0.3 is 9.47 Å². The number of carbonyl (C=O) groups is 2. The molecule has 4 heterocycles. The van der Waals surface area contributed by atoms with Crippen molar-refractivity contribution >= 4 is 18.0 Å². The fourth-order valence-corrected chi connectivity index (χ4v) is 2.35. The van der Waals surface area contributed by atoms with Crippen LogP contribution in [-0.2, 0) is 9.53 Å². The second-order valence-corrected chi connectivity index (χ2v) is 4.21. The lowest BCUT2D eigenvalue weighted by atomic mass is 9.80. The summed E-state index contributed by atoms with van der Waals surface area (Å²) in [6.07, 6.45) is 5.76. The summed E-state index contributed by atoms with van der Waals surface area (Å²) in [6, 6.07) is 1.58. The number of fused-ring (bicyclic) bond motifs is 1. The Hall–Kier alpha value is -2.50. The van der Waals surface area contributed by atoms with Crippen molar-refractivity contribution in [3.8, 4) is 5.75 Å². The van der Waals surface area contributed by atoms with Crippen molar-refractivity contribution in [1.82, 2.24) is 4.98 Å². The van der Waals surface area contributed by atoms with Gasteiger partial charge >= 0.3 is 11.8 Å². The largest absolute Gasteiger partial charge is 0.446 e. The van der Waals surface area contributed by atoms with Gasteiger partial charge in [0.1, 0.15) is 11.3 Å². The van der Waals surface area contributed by atoms with Gasteiger partial charge in [-0.05, 0) is 6.07 Å². The molecule has 1 aromatic rings. The fourth-order valence-electron chi connectivity index (χ4n) is 2.35. The predicted octanol–water partition coefficient (Wildman–Crippen LogP) is 0.494. The molecule has 1 fully saturated rings. The molecule has 1 spiro atoms. The monoisotopic (exact) mass is 242 g/mol. The van der Waals surface area contributed by atoms with Crippen LogP contribution in [0.2, 0.25) is 0 Å². The smallest absolute Gasteiger partial charge is 0.326 e. The van der Waals surface area contributed by atoms with E-state index in [0.717, 1.165) is 0 Å². The van der Waals surface area contributed by atoms with E-state index >= 15 is 0 Å². The van der Waals surface area contributed by atoms with Crippen LogP contribution in [0.3, 0.4) is 0 Å². The van der Waals surface area contributed by atoms with Gasteiger partial charge in [-0.1, -0.05) is 0 Å². The normalized spacial score (nSPS) is 31.1. The highest BCUT2D eigenvalue weighted by Gasteiger charge is 2.66. The maximum Gasteiger partial charge on any atom is 0.326 e. The van der Waals surface area contributed by atoms with Gasteiger partial charge in [-0.15, -0.1) is 0 Å². The minimum atomic E-state index is -1.32. The van der Waals surface area contributed by atoms with E-state index in [0.29, 0.717) is 11.3 Å². The standard InChI is InChI=1S/C12H6N2O4/c15-10-6-3-13-2-1-9(6)17-12-7(10)4-14-5-8(12)11(16)18-12/h1-5,8H. The zero-order valence-electron chi connectivity index (χ0n) is 8.99. The molecule has 0 amide bonds. The van der Waals surface area contributed by atoms with Gasteiger partial charge in [-0.2, -0.15) is 0 Å². The number of rotatable bonds is 0. The summed E-state index contributed by atoms with van der Waals surface area (Å²) in [5.74, 6) is -2.29. The van der Waals surface area contributed by atoms with Crippen LogP contribution >= 0.6 is 0 Å². The molecule has 0 saturated carbocycles. The first-order valence-corrected chi connectivity index (χ1v) is 5.37. The molecule has 6 nitrogen and oxygen atoms in total. The topological polar surface area (TPSA) is 77.9 Å². The molecule has 3 aliphatic heterocycles. The summed E-state index contributed by atoms with van der Waals surface area (Å²) in [4.78, 5) is 31.5. The lowest BCUT2D eigenvalue weighted by molar-refractivity contribution is -0.244. The summed E-state index contributed by atoms with van der Waals surface area (Å²) in [6.45, 7) is 0. The summed E-state index contributed by atoms with van der Waals surface area (Å²) in [5.41, 5.74) is 0.600. The van der Waals surface area contributed by atoms with E-state index in [2.05, 4.69) is 9.98 Å². The molecule has 2 unspecified atom stereocenters. The number of ketones is 1. The second-order valence-electron chi connectivity index (χ2n) is 4.21. The molecule has 2 atom stereocenters. The maximum atomic E-state index is 12.3. The predicted molar refractivity (Wildman–Crippen MR) is 58.1 cm³/mol. The van der Waals surface area contributed by atoms with E-state index in [4.69, 9.17) is 9.47 Å². The van der Waals surface area contributed by atoms with Gasteiger partial charge in [0.15, 0.2) is 5.92 Å². The molecule has 88 valence electrons. The SMILES string of the molecule is O=C1C2=CN=CC3C(=O)OC23Oc2ccncc21. The fraction of sp³-hybridized carbons (Fsp3) is 0.167. The quantitative estimate of drug-likeness (QED) is 0.619. The van der Waals surface area contributed by atoms with Gasteiger partial charge in [0.25, 0.3) is 0 Å². The van der Waals surface area contributed by atoms with Crippen LogP contribution < -0.4 is 4.74 Å². The van der Waals surface area contributed by atoms with Crippen LogP contribution in [0.25, 0.3) is 0 Å². The van der Waals surface area contributed by atoms with Crippen LogP contribution in [0.1, 0.15) is 10.4 Å². The van der Waals surface area contributed by atoms with Crippen molar-refractivity contribution < 1.29 is 19.1 Å². The highest BCUT2D eigenvalue weighted by molar-refractivity contribution is 6.16. The summed E-state index contributed by atoms with van der Waals surface area (Å²) >= 11 is 0. The van der Waals surface area contributed by atoms with Crippen LogP contribution in [-0.4, -0.2) is 28.7 Å². The third-order valence-corrected chi connectivity index (χ3v) is 3.26. The molecule has 0 aromatic carbocycles. The number of nitrogens with zero attached hydrogens (tertiary/aromatic N) is 2. The number of aromatic nitrogens is 1. The summed E-state index contributed by atoms with van der Waals surface area (Å²) in [7, 11) is 0. The van der Waals surface area contributed by atoms with Crippen LogP contribution in [0, 0.1) is 5.92 Å². The molecule has 1 aromatic heterocycles. The Balaban J connectivity index is 1.94. The molecular formula is C12H6N2O4. The van der Waals surface area contributed by atoms with Crippen molar-refractivity contribution in [1.29, 1.82) is 0 Å². The molecule has 4 rings (SSSR count). The first kappa shape index (κ1) is 9.52. The van der Waals surface area contributed by atoms with Crippen molar-refractivity contribution in [3.05, 3.63) is 35.8 Å². The average Bonchev–Trinajstić information content (AvgIpc) is 2.37. The number of aliphatic imine (C=N–C) groups is 1. The van der Waals surface area contributed by atoms with Crippen LogP contribution in [0.5, 0.6) is 5.75 Å². The van der Waals surface area contributed by atoms with Gasteiger partial charge in [0, 0.05) is 24.8 Å². The number of hydrogen-bond donors (Lipinski definition) is 0. The Labute approximate surface area is 101 Å². The minimum absolute atomic E-state index is 0.245. The Morgan fingerprint density at radius 3 is 3.00 bits per heavy atom. The van der Waals surface area contributed by atoms with E-state index in [9.17, 15) is 9.59 Å². The number of carbonyl (C=O) groups excluding carboxylic acids is 2. The van der Waals surface area contributed by atoms with E-state index in [-0.39, 0.29) is 11.4 Å². The van der Waals surface area contributed by atoms with Gasteiger partial charge in [0.05, 0.1) is 5.56 Å². The first-order chi connectivity index (χ1) is 8.72. The van der Waals surface area contributed by atoms with Gasteiger partial charge in [-0.3, -0.25) is 19.6 Å². The van der Waals surface area contributed by atoms with Gasteiger partial charge in [0.2, 0.25) is 5.78 Å². The average molecular weight is 242 g/mol. The highest BCUT2D eigenvalue weighted by Crippen LogP contribution is 2.48. The maximum absolute atomic E-state index is 12.3. The van der Waals surface area contributed by atoms with Crippen molar-refractivity contribution in [2.24, 2.45) is 10.9 Å². The number of Topliss-reactive ketones (excluding diaryl/α,β-unsaturated/α-hetero) is 1. The van der Waals surface area contributed by atoms with Crippen molar-refractivity contribution in [2.75, 3.05) is 0 Å². The van der Waals surface area contributed by atoms with Gasteiger partial charge in [-0.25, -0.2) is 0 Å². The second kappa shape index (κ2) is 2.84. The van der Waals surface area contributed by atoms with Crippen LogP contribution in [0.4, 0.5) is 0 Å². The summed E-state index contributed by atoms with van der Waals surface area (Å²) < 4.78 is 10.8. The first-order valence-electron chi connectivity index (χ1n) is 5.37. The number of pyridine rings is 1. The minimum Gasteiger partial charge on any atom is -0.446 e. The highest BCUT2D eigenvalue weighted by atomic mass is 16.7. The molecule has 6 heteroatoms. The van der Waals surface area contributed by atoms with E-state index < -0.39 is 17.7 Å². The van der Waals surface area contributed by atoms with Crippen LogP contribution in [0.15, 0.2) is 35.2 Å². The number of esters is 1. The Bertz CT molecular complexity index is 664. The number of hydrogen-bond acceptors (Lipinski definition) is 6. The zero-order valence-corrected chi connectivity index (χ0v) is 8.99. The van der Waals surface area contributed by atoms with E-state index in [1.165, 1.54) is 24.8 Å². The molecular weight excluding hydrogens is 236 g/mol. The van der Waals surface area contributed by atoms with E-state index in [1.807, 2.05) is 0 Å². The third-order valence-electron chi connectivity index (χ3n) is 3.26. The van der Waals surface area contributed by atoms with E-state index in [1.54, 1.807) is 6.07 Å². The number of ether oxygens (including phenoxy) is 2. The Kier molecular flexibility index (Phi) is 1.50. The van der Waals surface area contributed by atoms with Crippen molar-refractivity contribution in [2.45, 2.75) is 5.79 Å². The lowest BCUT2D eigenvalue weighted by Gasteiger charge is -2.48. The molecule has 0 N–H and O–H groups in total. The molecule has 0 radical (unpaired) electrons. The Morgan fingerprint density at radius 1 is 1.28 bits per heavy atom. The molecule has 3 aliphatic rings. The Morgan fingerprint density at radius 2 is 2.17 bits per heavy atom. The summed E-state index contributed by atoms with van der Waals surface area (Å²) in [5, 5.41) is 0. The molecule has 18 heavy (non-hydrogen) atoms. The molecule has 0 bridgehead atoms. The zero-order chi connectivity index (χ0) is 12.3.